The number of benzene rings is 1. The van der Waals surface area contributed by atoms with Crippen LogP contribution < -0.4 is 9.62 Å². The van der Waals surface area contributed by atoms with Crippen LogP contribution >= 0.6 is 0 Å². The molecule has 7 nitrogen and oxygen atoms in total. The van der Waals surface area contributed by atoms with E-state index in [2.05, 4.69) is 4.89 Å². The summed E-state index contributed by atoms with van der Waals surface area (Å²) >= 11 is 0. The van der Waals surface area contributed by atoms with Crippen LogP contribution in [0.25, 0.3) is 0 Å². The first kappa shape index (κ1) is 17.2. The summed E-state index contributed by atoms with van der Waals surface area (Å²) in [5.41, 5.74) is 0.0780. The predicted octanol–water partition coefficient (Wildman–Crippen LogP) is 0.995. The molecule has 1 aromatic carbocycles. The topological polar surface area (TPSA) is 116 Å². The van der Waals surface area contributed by atoms with Crippen LogP contribution in [0.2, 0.25) is 0 Å². The fraction of sp³-hybridized carbons (Fsp3) is 0.417. The summed E-state index contributed by atoms with van der Waals surface area (Å²) in [5, 5.41) is 33.1. The van der Waals surface area contributed by atoms with Crippen molar-refractivity contribution in [2.24, 2.45) is 0 Å². The molecule has 108 valence electrons. The first-order valence-corrected chi connectivity index (χ1v) is 5.56. The molecule has 0 fully saturated rings. The minimum absolute atomic E-state index is 0.0780. The highest BCUT2D eigenvalue weighted by Crippen LogP contribution is 2.27. The second-order valence-corrected chi connectivity index (χ2v) is 3.52. The standard InChI is InChI=1S/C9H10O5.C3H8O2/c1-2-13-8-5-6(9(10)11)3-4-7(8)14-12;1-3(5)2-4/h3-5,12H,2H2,1H3,(H,10,11);3-5H,2H2,1H3. The average Bonchev–Trinajstić information content (AvgIpc) is 2.39. The molecule has 0 saturated carbocycles. The highest BCUT2D eigenvalue weighted by molar-refractivity contribution is 5.88. The number of aromatic carboxylic acids is 1. The molecule has 4 N–H and O–H groups in total. The van der Waals surface area contributed by atoms with Gasteiger partial charge in [0.2, 0.25) is 5.75 Å². The van der Waals surface area contributed by atoms with Gasteiger partial charge in [0.25, 0.3) is 0 Å². The van der Waals surface area contributed by atoms with E-state index in [1.807, 2.05) is 0 Å². The van der Waals surface area contributed by atoms with Crippen LogP contribution in [0.5, 0.6) is 11.5 Å². The highest BCUT2D eigenvalue weighted by Gasteiger charge is 2.10. The van der Waals surface area contributed by atoms with Crippen molar-refractivity contribution in [3.05, 3.63) is 23.8 Å². The third kappa shape index (κ3) is 6.61. The van der Waals surface area contributed by atoms with E-state index >= 15 is 0 Å². The average molecular weight is 274 g/mol. The van der Waals surface area contributed by atoms with Crippen LogP contribution in [0.1, 0.15) is 24.2 Å². The van der Waals surface area contributed by atoms with Gasteiger partial charge in [0.1, 0.15) is 0 Å². The Morgan fingerprint density at radius 1 is 1.37 bits per heavy atom. The molecule has 0 radical (unpaired) electrons. The Bertz CT molecular complexity index is 390. The lowest BCUT2D eigenvalue weighted by Gasteiger charge is -2.07. The van der Waals surface area contributed by atoms with Crippen molar-refractivity contribution in [1.82, 2.24) is 0 Å². The maximum Gasteiger partial charge on any atom is 0.335 e. The van der Waals surface area contributed by atoms with Gasteiger partial charge in [-0.2, -0.15) is 0 Å². The van der Waals surface area contributed by atoms with Gasteiger partial charge in [-0.25, -0.2) is 10.1 Å². The molecule has 1 atom stereocenters. The molecule has 0 aliphatic rings. The Labute approximate surface area is 110 Å². The molecule has 0 aliphatic heterocycles. The zero-order valence-electron chi connectivity index (χ0n) is 10.7. The van der Waals surface area contributed by atoms with Crippen LogP contribution in [0.4, 0.5) is 0 Å². The Kier molecular flexibility index (Phi) is 8.27. The lowest BCUT2D eigenvalue weighted by Crippen LogP contribution is -2.03. The van der Waals surface area contributed by atoms with Crippen molar-refractivity contribution < 1.29 is 35.0 Å². The number of aliphatic hydroxyl groups excluding tert-OH is 2. The Hall–Kier alpha value is -1.83. The lowest BCUT2D eigenvalue weighted by atomic mass is 10.2. The molecule has 0 aliphatic carbocycles. The molecule has 1 unspecified atom stereocenters. The fourth-order valence-electron chi connectivity index (χ4n) is 0.985. The lowest BCUT2D eigenvalue weighted by molar-refractivity contribution is -0.139. The predicted molar refractivity (Wildman–Crippen MR) is 66.6 cm³/mol. The van der Waals surface area contributed by atoms with Crippen LogP contribution in [-0.4, -0.2) is 45.9 Å². The van der Waals surface area contributed by atoms with E-state index < -0.39 is 12.1 Å². The first-order valence-electron chi connectivity index (χ1n) is 5.56. The summed E-state index contributed by atoms with van der Waals surface area (Å²) < 4.78 is 5.07. The summed E-state index contributed by atoms with van der Waals surface area (Å²) in [6.45, 7) is 3.49. The van der Waals surface area contributed by atoms with E-state index in [-0.39, 0.29) is 23.7 Å². The molecule has 0 amide bonds. The second kappa shape index (κ2) is 9.15. The third-order valence-corrected chi connectivity index (χ3v) is 1.85. The largest absolute Gasteiger partial charge is 0.490 e. The number of aliphatic hydroxyl groups is 2. The molecule has 7 heteroatoms. The molecule has 19 heavy (non-hydrogen) atoms. The number of carbonyl (C=O) groups is 1. The maximum atomic E-state index is 10.6. The fourth-order valence-corrected chi connectivity index (χ4v) is 0.985. The van der Waals surface area contributed by atoms with Gasteiger partial charge in [-0.3, -0.25) is 0 Å². The number of hydrogen-bond acceptors (Lipinski definition) is 6. The van der Waals surface area contributed by atoms with Crippen molar-refractivity contribution in [3.8, 4) is 11.5 Å². The molecular weight excluding hydrogens is 256 g/mol. The van der Waals surface area contributed by atoms with Crippen LogP contribution in [-0.2, 0) is 0 Å². The third-order valence-electron chi connectivity index (χ3n) is 1.85. The SMILES string of the molecule is CC(O)CO.CCOc1cc(C(=O)O)ccc1OO. The smallest absolute Gasteiger partial charge is 0.335 e. The molecule has 0 aromatic heterocycles. The summed E-state index contributed by atoms with van der Waals surface area (Å²) in [7, 11) is 0. The summed E-state index contributed by atoms with van der Waals surface area (Å²) in [6, 6.07) is 3.93. The van der Waals surface area contributed by atoms with Gasteiger partial charge in [-0.1, -0.05) is 0 Å². The zero-order chi connectivity index (χ0) is 14.8. The van der Waals surface area contributed by atoms with Crippen molar-refractivity contribution in [3.63, 3.8) is 0 Å². The van der Waals surface area contributed by atoms with Crippen molar-refractivity contribution in [2.75, 3.05) is 13.2 Å². The van der Waals surface area contributed by atoms with E-state index in [9.17, 15) is 4.79 Å². The number of carboxylic acid groups (broad SMARTS) is 1. The zero-order valence-corrected chi connectivity index (χ0v) is 10.7. The number of carboxylic acids is 1. The normalized spacial score (nSPS) is 11.0. The molecule has 1 rings (SSSR count). The van der Waals surface area contributed by atoms with Gasteiger partial charge in [0, 0.05) is 0 Å². The number of hydrogen-bond donors (Lipinski definition) is 4. The van der Waals surface area contributed by atoms with Crippen molar-refractivity contribution in [1.29, 1.82) is 0 Å². The van der Waals surface area contributed by atoms with E-state index in [1.54, 1.807) is 6.92 Å². The van der Waals surface area contributed by atoms with Gasteiger partial charge in [-0.15, -0.1) is 0 Å². The first-order chi connectivity index (χ1) is 8.96. The Morgan fingerprint density at radius 3 is 2.32 bits per heavy atom. The minimum atomic E-state index is -1.06. The molecule has 0 spiro atoms. The van der Waals surface area contributed by atoms with Crippen LogP contribution in [0.15, 0.2) is 18.2 Å². The quantitative estimate of drug-likeness (QED) is 0.467. The van der Waals surface area contributed by atoms with Crippen LogP contribution in [0.3, 0.4) is 0 Å². The van der Waals surface area contributed by atoms with E-state index in [4.69, 9.17) is 25.3 Å². The summed E-state index contributed by atoms with van der Waals surface area (Å²) in [5.74, 6) is -0.762. The highest BCUT2D eigenvalue weighted by atomic mass is 17.1. The van der Waals surface area contributed by atoms with Crippen molar-refractivity contribution >= 4 is 5.97 Å². The summed E-state index contributed by atoms with van der Waals surface area (Å²) in [4.78, 5) is 14.6. The van der Waals surface area contributed by atoms with Crippen molar-refractivity contribution in [2.45, 2.75) is 20.0 Å². The number of ether oxygens (including phenoxy) is 1. The molecule has 0 heterocycles. The Balaban J connectivity index is 0.000000555. The Morgan fingerprint density at radius 2 is 1.95 bits per heavy atom. The maximum absolute atomic E-state index is 10.6. The summed E-state index contributed by atoms with van der Waals surface area (Å²) in [6.07, 6.45) is -0.560. The molecular formula is C12H18O7. The second-order valence-electron chi connectivity index (χ2n) is 3.52. The van der Waals surface area contributed by atoms with Gasteiger partial charge in [0.05, 0.1) is 24.9 Å². The van der Waals surface area contributed by atoms with Gasteiger partial charge in [-0.05, 0) is 32.0 Å². The van der Waals surface area contributed by atoms with Gasteiger partial charge >= 0.3 is 5.97 Å². The van der Waals surface area contributed by atoms with Crippen LogP contribution in [0, 0.1) is 0 Å². The van der Waals surface area contributed by atoms with Gasteiger partial charge in [0.15, 0.2) is 5.75 Å². The molecule has 0 saturated heterocycles. The van der Waals surface area contributed by atoms with E-state index in [0.717, 1.165) is 0 Å². The molecule has 1 aromatic rings. The van der Waals surface area contributed by atoms with E-state index in [1.165, 1.54) is 25.1 Å². The monoisotopic (exact) mass is 274 g/mol. The van der Waals surface area contributed by atoms with Gasteiger partial charge < -0.3 is 24.9 Å². The molecule has 0 bridgehead atoms. The number of rotatable bonds is 5. The van der Waals surface area contributed by atoms with E-state index in [0.29, 0.717) is 6.61 Å². The minimum Gasteiger partial charge on any atom is -0.490 e.